The second kappa shape index (κ2) is 3.59. The molecule has 60 valence electrons. The number of nitrogen functional groups attached to an aromatic ring is 1. The molecule has 0 aliphatic rings. The maximum atomic E-state index is 10.1. The Hall–Kier alpha value is -0.750. The smallest absolute Gasteiger partial charge is 0.313 e. The summed E-state index contributed by atoms with van der Waals surface area (Å²) in [5.41, 5.74) is 5.33. The van der Waals surface area contributed by atoms with Gasteiger partial charge in [0.1, 0.15) is 0 Å². The number of thiazole rings is 1. The Morgan fingerprint density at radius 3 is 3.09 bits per heavy atom. The molecule has 1 heterocycles. The molecule has 1 aromatic rings. The number of hydrogen-bond acceptors (Lipinski definition) is 5. The average molecular weight is 190 g/mol. The van der Waals surface area contributed by atoms with E-state index < -0.39 is 5.97 Å². The number of aliphatic carboxylic acids is 1. The standard InChI is InChI=1S/C5H6N2O2S2/c6-5-7-1-4(11-5)10-2-3(8)9/h1H,2H2,(H2,6,7)(H,8,9). The van der Waals surface area contributed by atoms with Gasteiger partial charge >= 0.3 is 5.97 Å². The van der Waals surface area contributed by atoms with Crippen LogP contribution in [0.25, 0.3) is 0 Å². The quantitative estimate of drug-likeness (QED) is 0.692. The second-order valence-corrected chi connectivity index (χ2v) is 4.04. The normalized spacial score (nSPS) is 9.82. The molecule has 0 aromatic carbocycles. The van der Waals surface area contributed by atoms with Crippen LogP contribution in [0.15, 0.2) is 10.4 Å². The number of nitrogens with two attached hydrogens (primary N) is 1. The molecule has 11 heavy (non-hydrogen) atoms. The third kappa shape index (κ3) is 2.77. The minimum absolute atomic E-state index is 0.0572. The summed E-state index contributed by atoms with van der Waals surface area (Å²) in [5, 5.41) is 8.78. The minimum atomic E-state index is -0.832. The number of carboxylic acids is 1. The predicted molar refractivity (Wildman–Crippen MR) is 44.9 cm³/mol. The molecule has 0 saturated heterocycles. The van der Waals surface area contributed by atoms with Crippen molar-refractivity contribution in [2.24, 2.45) is 0 Å². The largest absolute Gasteiger partial charge is 0.481 e. The number of carboxylic acid groups (broad SMARTS) is 1. The van der Waals surface area contributed by atoms with Crippen LogP contribution < -0.4 is 5.73 Å². The third-order valence-electron chi connectivity index (χ3n) is 0.840. The molecule has 0 bridgehead atoms. The molecule has 4 nitrogen and oxygen atoms in total. The maximum Gasteiger partial charge on any atom is 0.313 e. The summed E-state index contributed by atoms with van der Waals surface area (Å²) in [6.07, 6.45) is 1.58. The molecule has 0 spiro atoms. The lowest BCUT2D eigenvalue weighted by Gasteiger charge is -1.88. The van der Waals surface area contributed by atoms with Gasteiger partial charge in [0, 0.05) is 0 Å². The lowest BCUT2D eigenvalue weighted by molar-refractivity contribution is -0.133. The molecule has 1 rings (SSSR count). The first-order valence-electron chi connectivity index (χ1n) is 2.74. The first-order valence-corrected chi connectivity index (χ1v) is 4.54. The Morgan fingerprint density at radius 2 is 2.64 bits per heavy atom. The molecular formula is C5H6N2O2S2. The summed E-state index contributed by atoms with van der Waals surface area (Å²) in [4.78, 5) is 13.9. The van der Waals surface area contributed by atoms with E-state index in [0.29, 0.717) is 5.13 Å². The summed E-state index contributed by atoms with van der Waals surface area (Å²) in [6.45, 7) is 0. The predicted octanol–water partition coefficient (Wildman–Crippen LogP) is 0.902. The van der Waals surface area contributed by atoms with Gasteiger partial charge in [0.05, 0.1) is 16.2 Å². The fraction of sp³-hybridized carbons (Fsp3) is 0.200. The lowest BCUT2D eigenvalue weighted by atomic mass is 10.8. The van der Waals surface area contributed by atoms with Crippen LogP contribution in [-0.4, -0.2) is 21.8 Å². The zero-order valence-electron chi connectivity index (χ0n) is 5.48. The van der Waals surface area contributed by atoms with Crippen LogP contribution in [0.2, 0.25) is 0 Å². The van der Waals surface area contributed by atoms with Gasteiger partial charge in [-0.1, -0.05) is 11.3 Å². The number of anilines is 1. The third-order valence-corrected chi connectivity index (χ3v) is 2.85. The molecule has 0 unspecified atom stereocenters. The van der Waals surface area contributed by atoms with Crippen molar-refractivity contribution in [2.45, 2.75) is 4.21 Å². The molecule has 0 fully saturated rings. The Kier molecular flexibility index (Phi) is 2.72. The summed E-state index contributed by atoms with van der Waals surface area (Å²) in [6, 6.07) is 0. The van der Waals surface area contributed by atoms with Gasteiger partial charge in [-0.3, -0.25) is 4.79 Å². The Bertz CT molecular complexity index is 261. The molecule has 0 amide bonds. The highest BCUT2D eigenvalue weighted by Gasteiger charge is 2.02. The first-order chi connectivity index (χ1) is 5.18. The van der Waals surface area contributed by atoms with Crippen LogP contribution in [0.5, 0.6) is 0 Å². The molecular weight excluding hydrogens is 184 g/mol. The fourth-order valence-corrected chi connectivity index (χ4v) is 1.95. The lowest BCUT2D eigenvalue weighted by Crippen LogP contribution is -1.96. The van der Waals surface area contributed by atoms with E-state index in [1.54, 1.807) is 6.20 Å². The first kappa shape index (κ1) is 8.35. The van der Waals surface area contributed by atoms with E-state index in [4.69, 9.17) is 10.8 Å². The zero-order valence-corrected chi connectivity index (χ0v) is 7.11. The number of carbonyl (C=O) groups is 1. The van der Waals surface area contributed by atoms with E-state index in [9.17, 15) is 4.79 Å². The molecule has 0 saturated carbocycles. The van der Waals surface area contributed by atoms with Crippen LogP contribution in [0.1, 0.15) is 0 Å². The van der Waals surface area contributed by atoms with Crippen LogP contribution in [0, 0.1) is 0 Å². The minimum Gasteiger partial charge on any atom is -0.481 e. The maximum absolute atomic E-state index is 10.1. The fourth-order valence-electron chi connectivity index (χ4n) is 0.472. The van der Waals surface area contributed by atoms with E-state index in [-0.39, 0.29) is 5.75 Å². The van der Waals surface area contributed by atoms with Gasteiger partial charge in [-0.15, -0.1) is 11.8 Å². The highest BCUT2D eigenvalue weighted by molar-refractivity contribution is 8.01. The number of aromatic nitrogens is 1. The van der Waals surface area contributed by atoms with Gasteiger partial charge in [0.2, 0.25) is 0 Å². The molecule has 0 aliphatic heterocycles. The molecule has 3 N–H and O–H groups in total. The van der Waals surface area contributed by atoms with Crippen molar-refractivity contribution >= 4 is 34.2 Å². The van der Waals surface area contributed by atoms with Gasteiger partial charge in [-0.2, -0.15) is 0 Å². The molecule has 0 atom stereocenters. The zero-order chi connectivity index (χ0) is 8.27. The van der Waals surface area contributed by atoms with Gasteiger partial charge < -0.3 is 10.8 Å². The molecule has 6 heteroatoms. The van der Waals surface area contributed by atoms with Crippen molar-refractivity contribution in [3.8, 4) is 0 Å². The molecule has 1 aromatic heterocycles. The summed E-state index contributed by atoms with van der Waals surface area (Å²) >= 11 is 2.52. The van der Waals surface area contributed by atoms with Gasteiger partial charge in [0.25, 0.3) is 0 Å². The van der Waals surface area contributed by atoms with E-state index in [2.05, 4.69) is 4.98 Å². The van der Waals surface area contributed by atoms with Crippen molar-refractivity contribution in [2.75, 3.05) is 11.5 Å². The second-order valence-electron chi connectivity index (χ2n) is 1.70. The summed E-state index contributed by atoms with van der Waals surface area (Å²) in [7, 11) is 0. The van der Waals surface area contributed by atoms with Crippen molar-refractivity contribution in [1.29, 1.82) is 0 Å². The highest BCUT2D eigenvalue weighted by Crippen LogP contribution is 2.25. The molecule has 0 radical (unpaired) electrons. The van der Waals surface area contributed by atoms with Gasteiger partial charge in [0.15, 0.2) is 5.13 Å². The SMILES string of the molecule is Nc1ncc(SCC(=O)O)s1. The summed E-state index contributed by atoms with van der Waals surface area (Å²) in [5.74, 6) is -0.774. The Morgan fingerprint density at radius 1 is 1.91 bits per heavy atom. The van der Waals surface area contributed by atoms with Crippen LogP contribution in [0.3, 0.4) is 0 Å². The number of nitrogens with zero attached hydrogens (tertiary/aromatic N) is 1. The van der Waals surface area contributed by atoms with Crippen LogP contribution >= 0.6 is 23.1 Å². The average Bonchev–Trinajstić information content (AvgIpc) is 2.31. The van der Waals surface area contributed by atoms with Crippen molar-refractivity contribution in [3.05, 3.63) is 6.20 Å². The van der Waals surface area contributed by atoms with E-state index in [1.807, 2.05) is 0 Å². The van der Waals surface area contributed by atoms with Crippen LogP contribution in [-0.2, 0) is 4.79 Å². The highest BCUT2D eigenvalue weighted by atomic mass is 32.2. The van der Waals surface area contributed by atoms with Crippen molar-refractivity contribution < 1.29 is 9.90 Å². The van der Waals surface area contributed by atoms with Crippen LogP contribution in [0.4, 0.5) is 5.13 Å². The Labute approximate surface area is 71.4 Å². The van der Waals surface area contributed by atoms with Crippen molar-refractivity contribution in [3.63, 3.8) is 0 Å². The van der Waals surface area contributed by atoms with E-state index >= 15 is 0 Å². The summed E-state index contributed by atoms with van der Waals surface area (Å²) < 4.78 is 0.838. The molecule has 0 aliphatic carbocycles. The van der Waals surface area contributed by atoms with Gasteiger partial charge in [-0.25, -0.2) is 4.98 Å². The topological polar surface area (TPSA) is 76.2 Å². The van der Waals surface area contributed by atoms with E-state index in [0.717, 1.165) is 4.21 Å². The number of hydrogen-bond donors (Lipinski definition) is 2. The number of rotatable bonds is 3. The number of thioether (sulfide) groups is 1. The monoisotopic (exact) mass is 190 g/mol. The van der Waals surface area contributed by atoms with Crippen molar-refractivity contribution in [1.82, 2.24) is 4.98 Å². The Balaban J connectivity index is 2.45. The van der Waals surface area contributed by atoms with Gasteiger partial charge in [-0.05, 0) is 0 Å². The van der Waals surface area contributed by atoms with E-state index in [1.165, 1.54) is 23.1 Å².